The van der Waals surface area contributed by atoms with E-state index in [1.165, 1.54) is 41.8 Å². The van der Waals surface area contributed by atoms with Crippen LogP contribution < -0.4 is 19.6 Å². The predicted molar refractivity (Wildman–Crippen MR) is 212 cm³/mol. The van der Waals surface area contributed by atoms with E-state index >= 15 is 0 Å². The summed E-state index contributed by atoms with van der Waals surface area (Å²) in [7, 11) is 4.74. The number of fused-ring (bicyclic) bond motifs is 3. The van der Waals surface area contributed by atoms with Crippen LogP contribution in [-0.2, 0) is 16.0 Å². The van der Waals surface area contributed by atoms with Gasteiger partial charge >= 0.3 is 5.97 Å². The maximum absolute atomic E-state index is 13.8. The Labute approximate surface area is 312 Å². The summed E-state index contributed by atoms with van der Waals surface area (Å²) in [6.07, 6.45) is 15.7. The highest BCUT2D eigenvalue weighted by molar-refractivity contribution is 7.99. The van der Waals surface area contributed by atoms with Crippen molar-refractivity contribution in [3.63, 3.8) is 0 Å². The summed E-state index contributed by atoms with van der Waals surface area (Å²) in [5, 5.41) is 0. The Balaban J connectivity index is 1.45. The Morgan fingerprint density at radius 1 is 0.904 bits per heavy atom. The van der Waals surface area contributed by atoms with E-state index in [9.17, 15) is 9.59 Å². The van der Waals surface area contributed by atoms with Crippen LogP contribution in [0.25, 0.3) is 11.1 Å². The quantitative estimate of drug-likeness (QED) is 0.111. The number of rotatable bonds is 11. The molecule has 2 aliphatic carbocycles. The van der Waals surface area contributed by atoms with Crippen LogP contribution in [0.5, 0.6) is 17.2 Å². The van der Waals surface area contributed by atoms with Gasteiger partial charge in [0.1, 0.15) is 6.10 Å². The van der Waals surface area contributed by atoms with Gasteiger partial charge in [0.15, 0.2) is 16.9 Å². The molecule has 272 valence electrons. The molecule has 0 radical (unpaired) electrons. The molecule has 0 aromatic heterocycles. The molecule has 7 heteroatoms. The van der Waals surface area contributed by atoms with Crippen LogP contribution in [0, 0.1) is 5.41 Å². The van der Waals surface area contributed by atoms with Crippen molar-refractivity contribution >= 4 is 17.7 Å². The van der Waals surface area contributed by atoms with E-state index in [0.717, 1.165) is 39.2 Å². The maximum Gasteiger partial charge on any atom is 0.331 e. The molecule has 3 aromatic carbocycles. The zero-order chi connectivity index (χ0) is 37.4. The van der Waals surface area contributed by atoms with Gasteiger partial charge in [-0.3, -0.25) is 4.79 Å². The summed E-state index contributed by atoms with van der Waals surface area (Å²) in [6, 6.07) is 17.1. The Bertz CT molecular complexity index is 2020. The van der Waals surface area contributed by atoms with Crippen LogP contribution in [-0.4, -0.2) is 27.3 Å². The third-order valence-electron chi connectivity index (χ3n) is 9.79. The van der Waals surface area contributed by atoms with Crippen LogP contribution in [0.1, 0.15) is 77.5 Å². The van der Waals surface area contributed by atoms with E-state index in [0.29, 0.717) is 40.5 Å². The summed E-state index contributed by atoms with van der Waals surface area (Å²) in [5.41, 5.74) is 7.87. The summed E-state index contributed by atoms with van der Waals surface area (Å²) < 4.78 is 23.5. The molecular formula is C45H50O6S. The van der Waals surface area contributed by atoms with Crippen LogP contribution >= 0.6 is 11.8 Å². The van der Waals surface area contributed by atoms with E-state index in [2.05, 4.69) is 39.8 Å². The van der Waals surface area contributed by atoms with Crippen LogP contribution in [0.4, 0.5) is 0 Å². The van der Waals surface area contributed by atoms with Gasteiger partial charge in [0.25, 0.3) is 0 Å². The van der Waals surface area contributed by atoms with Gasteiger partial charge < -0.3 is 18.9 Å². The Morgan fingerprint density at radius 2 is 1.65 bits per heavy atom. The number of methoxy groups -OCH3 is 3. The first kappa shape index (κ1) is 38.5. The summed E-state index contributed by atoms with van der Waals surface area (Å²) in [4.78, 5) is 28.8. The number of ether oxygens (including phenoxy) is 4. The van der Waals surface area contributed by atoms with Crippen molar-refractivity contribution in [3.05, 3.63) is 135 Å². The number of aryl methyl sites for hydroxylation is 1. The third-order valence-corrected chi connectivity index (χ3v) is 10.9. The van der Waals surface area contributed by atoms with E-state index in [-0.39, 0.29) is 10.8 Å². The number of benzene rings is 2. The molecular weight excluding hydrogens is 669 g/mol. The summed E-state index contributed by atoms with van der Waals surface area (Å²) in [6.45, 7) is 10.8. The molecule has 5 rings (SSSR count). The number of carbonyl (C=O) groups excluding carboxylic acids is 1. The second kappa shape index (κ2) is 17.2. The minimum absolute atomic E-state index is 0.164. The molecule has 6 nitrogen and oxygen atoms in total. The molecule has 52 heavy (non-hydrogen) atoms. The average Bonchev–Trinajstić information content (AvgIpc) is 3.35. The van der Waals surface area contributed by atoms with Crippen molar-refractivity contribution < 1.29 is 23.7 Å². The number of allylic oxidation sites excluding steroid dienone is 9. The first-order valence-corrected chi connectivity index (χ1v) is 18.6. The highest BCUT2D eigenvalue weighted by Gasteiger charge is 2.31. The molecule has 0 saturated carbocycles. The molecule has 1 atom stereocenters. The molecule has 3 aromatic rings. The molecule has 0 amide bonds. The van der Waals surface area contributed by atoms with Crippen molar-refractivity contribution in [2.24, 2.45) is 5.41 Å². The Hall–Kier alpha value is -4.75. The number of carbonyl (C=O) groups is 1. The third kappa shape index (κ3) is 8.99. The van der Waals surface area contributed by atoms with Crippen molar-refractivity contribution in [1.82, 2.24) is 0 Å². The lowest BCUT2D eigenvalue weighted by molar-refractivity contribution is -0.143. The van der Waals surface area contributed by atoms with Gasteiger partial charge in [-0.05, 0) is 111 Å². The first-order valence-electron chi connectivity index (χ1n) is 17.8. The molecule has 0 bridgehead atoms. The highest BCUT2D eigenvalue weighted by atomic mass is 32.2. The lowest BCUT2D eigenvalue weighted by atomic mass is 9.72. The van der Waals surface area contributed by atoms with Crippen LogP contribution in [0.3, 0.4) is 0 Å². The topological polar surface area (TPSA) is 71.1 Å². The number of hydrogen-bond donors (Lipinski definition) is 0. The second-order valence-electron chi connectivity index (χ2n) is 14.1. The lowest BCUT2D eigenvalue weighted by Gasteiger charge is -2.32. The zero-order valence-electron chi connectivity index (χ0n) is 31.6. The molecule has 2 aliphatic rings. The fraction of sp³-hybridized carbons (Fsp3) is 0.333. The fourth-order valence-corrected chi connectivity index (χ4v) is 7.97. The smallest absolute Gasteiger partial charge is 0.331 e. The molecule has 0 aliphatic heterocycles. The summed E-state index contributed by atoms with van der Waals surface area (Å²) in [5.74, 6) is 1.00. The molecule has 0 unspecified atom stereocenters. The monoisotopic (exact) mass is 718 g/mol. The van der Waals surface area contributed by atoms with Gasteiger partial charge in [-0.2, -0.15) is 0 Å². The van der Waals surface area contributed by atoms with E-state index < -0.39 is 12.1 Å². The second-order valence-corrected chi connectivity index (χ2v) is 15.2. The van der Waals surface area contributed by atoms with Crippen LogP contribution in [0.15, 0.2) is 128 Å². The minimum Gasteiger partial charge on any atom is -0.493 e. The van der Waals surface area contributed by atoms with Gasteiger partial charge in [0.2, 0.25) is 5.75 Å². The van der Waals surface area contributed by atoms with Crippen molar-refractivity contribution in [2.45, 2.75) is 82.6 Å². The van der Waals surface area contributed by atoms with Crippen molar-refractivity contribution in [1.29, 1.82) is 0 Å². The van der Waals surface area contributed by atoms with Gasteiger partial charge in [0, 0.05) is 22.1 Å². The SMILES string of the molecule is COc1cc2c(c(OC)c1OC)-c1ccc(Sc3ccccc3)c(=O)cc1[C@@H](OC(=O)/C=C(C)/C=C/C=C(C)/C=C/C1=C(C)CCCC1(C)C)CC2. The minimum atomic E-state index is -0.687. The number of esters is 1. The van der Waals surface area contributed by atoms with Crippen molar-refractivity contribution in [3.8, 4) is 28.4 Å². The molecule has 0 saturated heterocycles. The largest absolute Gasteiger partial charge is 0.493 e. The molecule has 0 heterocycles. The zero-order valence-corrected chi connectivity index (χ0v) is 32.4. The number of hydrogen-bond acceptors (Lipinski definition) is 7. The predicted octanol–water partition coefficient (Wildman–Crippen LogP) is 11.0. The highest BCUT2D eigenvalue weighted by Crippen LogP contribution is 2.51. The standard InChI is InChI=1S/C45H50O6S/c1-29(19-22-36-31(3)16-13-25-45(36,4)5)14-12-15-30(2)26-41(47)51-38-23-20-32-27-39(48-6)43(49-7)44(50-8)42(32)34-21-24-40(37(46)28-35(34)38)52-33-17-10-9-11-18-33/h9-12,14-15,17-19,21-22,24,26-28,38H,13,16,20,23,25H2,1-8H3/b15-12+,22-19+,29-14+,30-26+/t38-/m0/s1. The van der Waals surface area contributed by atoms with E-state index in [1.807, 2.05) is 73.7 Å². The first-order chi connectivity index (χ1) is 24.9. The van der Waals surface area contributed by atoms with Gasteiger partial charge in [0.05, 0.1) is 26.2 Å². The van der Waals surface area contributed by atoms with E-state index in [1.54, 1.807) is 27.4 Å². The Morgan fingerprint density at radius 3 is 2.35 bits per heavy atom. The van der Waals surface area contributed by atoms with E-state index in [4.69, 9.17) is 18.9 Å². The normalized spacial score (nSPS) is 17.4. The molecule has 0 spiro atoms. The average molecular weight is 719 g/mol. The van der Waals surface area contributed by atoms with Gasteiger partial charge in [-0.15, -0.1) is 0 Å². The molecule has 0 fully saturated rings. The van der Waals surface area contributed by atoms with Crippen LogP contribution in [0.2, 0.25) is 0 Å². The van der Waals surface area contributed by atoms with Gasteiger partial charge in [-0.25, -0.2) is 4.79 Å². The van der Waals surface area contributed by atoms with Crippen molar-refractivity contribution in [2.75, 3.05) is 21.3 Å². The maximum atomic E-state index is 13.8. The Kier molecular flexibility index (Phi) is 12.7. The lowest BCUT2D eigenvalue weighted by Crippen LogP contribution is -2.19. The fourth-order valence-electron chi connectivity index (χ4n) is 7.13. The summed E-state index contributed by atoms with van der Waals surface area (Å²) >= 11 is 1.40. The van der Waals surface area contributed by atoms with Gasteiger partial charge in [-0.1, -0.05) is 91.4 Å². The molecule has 0 N–H and O–H groups in total.